The van der Waals surface area contributed by atoms with Gasteiger partial charge in [0.1, 0.15) is 5.78 Å². The molecule has 0 aliphatic carbocycles. The van der Waals surface area contributed by atoms with Crippen LogP contribution in [0.15, 0.2) is 30.3 Å². The van der Waals surface area contributed by atoms with E-state index >= 15 is 0 Å². The van der Waals surface area contributed by atoms with E-state index in [0.717, 1.165) is 37.8 Å². The van der Waals surface area contributed by atoms with Gasteiger partial charge >= 0.3 is 0 Å². The van der Waals surface area contributed by atoms with Crippen LogP contribution in [0.1, 0.15) is 49.4 Å². The first kappa shape index (κ1) is 13.8. The Morgan fingerprint density at radius 2 is 1.89 bits per heavy atom. The third-order valence-electron chi connectivity index (χ3n) is 3.68. The smallest absolute Gasteiger partial charge is 0.254 e. The molecule has 0 saturated carbocycles. The summed E-state index contributed by atoms with van der Waals surface area (Å²) >= 11 is 0. The molecule has 0 N–H and O–H groups in total. The number of hydrogen-bond donors (Lipinski definition) is 0. The number of nitrogens with zero attached hydrogens (tertiary/aromatic N) is 1. The molecule has 0 aromatic heterocycles. The molecule has 1 unspecified atom stereocenters. The van der Waals surface area contributed by atoms with Crippen LogP contribution in [0.2, 0.25) is 0 Å². The second-order valence-electron chi connectivity index (χ2n) is 5.27. The van der Waals surface area contributed by atoms with Gasteiger partial charge in [0, 0.05) is 24.6 Å². The Labute approximate surface area is 114 Å². The molecular formula is C16H21NO2. The van der Waals surface area contributed by atoms with Crippen molar-refractivity contribution in [2.24, 2.45) is 0 Å². The van der Waals surface area contributed by atoms with Gasteiger partial charge in [-0.15, -0.1) is 0 Å². The maximum absolute atomic E-state index is 12.6. The van der Waals surface area contributed by atoms with E-state index < -0.39 is 0 Å². The average Bonchev–Trinajstić information content (AvgIpc) is 2.64. The molecule has 0 bridgehead atoms. The highest BCUT2D eigenvalue weighted by Crippen LogP contribution is 2.21. The number of benzene rings is 1. The van der Waals surface area contributed by atoms with Crippen molar-refractivity contribution < 1.29 is 9.59 Å². The number of rotatable bonds is 3. The monoisotopic (exact) mass is 259 g/mol. The second kappa shape index (κ2) is 6.50. The van der Waals surface area contributed by atoms with Crippen LogP contribution in [0.3, 0.4) is 0 Å². The Bertz CT molecular complexity index is 441. The van der Waals surface area contributed by atoms with Crippen molar-refractivity contribution >= 4 is 11.7 Å². The zero-order valence-electron chi connectivity index (χ0n) is 11.5. The van der Waals surface area contributed by atoms with Crippen LogP contribution < -0.4 is 0 Å². The van der Waals surface area contributed by atoms with Crippen LogP contribution in [0, 0.1) is 0 Å². The van der Waals surface area contributed by atoms with Gasteiger partial charge in [-0.2, -0.15) is 0 Å². The van der Waals surface area contributed by atoms with Crippen molar-refractivity contribution in [3.63, 3.8) is 0 Å². The Morgan fingerprint density at radius 3 is 2.58 bits per heavy atom. The predicted octanol–water partition coefficient (Wildman–Crippen LogP) is 3.05. The third kappa shape index (κ3) is 3.66. The van der Waals surface area contributed by atoms with Crippen LogP contribution in [-0.2, 0) is 4.79 Å². The highest BCUT2D eigenvalue weighted by atomic mass is 16.2. The Hall–Kier alpha value is -1.64. The number of likely N-dealkylation sites (tertiary alicyclic amines) is 1. The zero-order chi connectivity index (χ0) is 13.7. The second-order valence-corrected chi connectivity index (χ2v) is 5.27. The lowest BCUT2D eigenvalue weighted by atomic mass is 10.0. The first-order chi connectivity index (χ1) is 9.18. The number of amides is 1. The summed E-state index contributed by atoms with van der Waals surface area (Å²) in [5.41, 5.74) is 0.720. The number of hydrogen-bond acceptors (Lipinski definition) is 2. The molecule has 1 atom stereocenters. The van der Waals surface area contributed by atoms with E-state index in [1.807, 2.05) is 35.2 Å². The molecule has 102 valence electrons. The van der Waals surface area contributed by atoms with E-state index in [-0.39, 0.29) is 17.7 Å². The van der Waals surface area contributed by atoms with Crippen molar-refractivity contribution in [2.75, 3.05) is 6.54 Å². The lowest BCUT2D eigenvalue weighted by molar-refractivity contribution is -0.118. The van der Waals surface area contributed by atoms with Crippen LogP contribution in [0.4, 0.5) is 0 Å². The van der Waals surface area contributed by atoms with Gasteiger partial charge in [-0.25, -0.2) is 0 Å². The molecule has 1 aromatic carbocycles. The Kier molecular flexibility index (Phi) is 4.72. The predicted molar refractivity (Wildman–Crippen MR) is 75.0 cm³/mol. The molecule has 1 aromatic rings. The summed E-state index contributed by atoms with van der Waals surface area (Å²) < 4.78 is 0. The van der Waals surface area contributed by atoms with E-state index in [1.54, 1.807) is 6.92 Å². The summed E-state index contributed by atoms with van der Waals surface area (Å²) in [4.78, 5) is 25.9. The first-order valence-corrected chi connectivity index (χ1v) is 7.04. The fourth-order valence-electron chi connectivity index (χ4n) is 2.74. The fraction of sp³-hybridized carbons (Fsp3) is 0.500. The molecule has 0 radical (unpaired) electrons. The van der Waals surface area contributed by atoms with E-state index in [9.17, 15) is 9.59 Å². The molecule has 3 heteroatoms. The summed E-state index contributed by atoms with van der Waals surface area (Å²) in [6.45, 7) is 2.38. The molecule has 19 heavy (non-hydrogen) atoms. The van der Waals surface area contributed by atoms with Crippen molar-refractivity contribution in [3.8, 4) is 0 Å². The van der Waals surface area contributed by atoms with Gasteiger partial charge in [-0.05, 0) is 31.9 Å². The maximum Gasteiger partial charge on any atom is 0.254 e. The van der Waals surface area contributed by atoms with Crippen LogP contribution in [0.25, 0.3) is 0 Å². The molecule has 2 rings (SSSR count). The normalized spacial score (nSPS) is 19.8. The average molecular weight is 259 g/mol. The van der Waals surface area contributed by atoms with Crippen molar-refractivity contribution in [1.29, 1.82) is 0 Å². The minimum Gasteiger partial charge on any atom is -0.335 e. The summed E-state index contributed by atoms with van der Waals surface area (Å²) in [5.74, 6) is 0.228. The Morgan fingerprint density at radius 1 is 1.16 bits per heavy atom. The van der Waals surface area contributed by atoms with Gasteiger partial charge in [-0.3, -0.25) is 9.59 Å². The largest absolute Gasteiger partial charge is 0.335 e. The van der Waals surface area contributed by atoms with Crippen molar-refractivity contribution in [3.05, 3.63) is 35.9 Å². The number of ketones is 1. The lowest BCUT2D eigenvalue weighted by Gasteiger charge is -2.29. The number of carbonyl (C=O) groups excluding carboxylic acids is 2. The molecule has 0 spiro atoms. The summed E-state index contributed by atoms with van der Waals surface area (Å²) in [6.07, 6.45) is 4.72. The topological polar surface area (TPSA) is 37.4 Å². The Balaban J connectivity index is 2.17. The minimum atomic E-state index is 0.0637. The lowest BCUT2D eigenvalue weighted by Crippen LogP contribution is -2.41. The van der Waals surface area contributed by atoms with Gasteiger partial charge in [-0.1, -0.05) is 31.0 Å². The molecular weight excluding hydrogens is 238 g/mol. The number of carbonyl (C=O) groups is 2. The van der Waals surface area contributed by atoms with Crippen molar-refractivity contribution in [2.45, 2.75) is 45.1 Å². The fourth-order valence-corrected chi connectivity index (χ4v) is 2.74. The molecule has 1 aliphatic heterocycles. The molecule has 3 nitrogen and oxygen atoms in total. The molecule has 1 aliphatic rings. The van der Waals surface area contributed by atoms with Crippen LogP contribution in [0.5, 0.6) is 0 Å². The quantitative estimate of drug-likeness (QED) is 0.836. The molecule has 1 saturated heterocycles. The molecule has 1 heterocycles. The van der Waals surface area contributed by atoms with Gasteiger partial charge in [0.25, 0.3) is 5.91 Å². The molecule has 1 fully saturated rings. The molecule has 1 amide bonds. The van der Waals surface area contributed by atoms with Gasteiger partial charge in [0.2, 0.25) is 0 Å². The van der Waals surface area contributed by atoms with Gasteiger partial charge in [0.05, 0.1) is 0 Å². The van der Waals surface area contributed by atoms with Crippen LogP contribution >= 0.6 is 0 Å². The van der Waals surface area contributed by atoms with E-state index in [1.165, 1.54) is 0 Å². The minimum absolute atomic E-state index is 0.0637. The highest BCUT2D eigenvalue weighted by Gasteiger charge is 2.26. The summed E-state index contributed by atoms with van der Waals surface area (Å²) in [7, 11) is 0. The SMILES string of the molecule is CC(=O)CC1CCCCCN1C(=O)c1ccccc1. The first-order valence-electron chi connectivity index (χ1n) is 7.04. The van der Waals surface area contributed by atoms with E-state index in [4.69, 9.17) is 0 Å². The maximum atomic E-state index is 12.6. The van der Waals surface area contributed by atoms with E-state index in [0.29, 0.717) is 6.42 Å². The highest BCUT2D eigenvalue weighted by molar-refractivity contribution is 5.94. The van der Waals surface area contributed by atoms with Gasteiger partial charge < -0.3 is 4.90 Å². The van der Waals surface area contributed by atoms with Gasteiger partial charge in [0.15, 0.2) is 0 Å². The van der Waals surface area contributed by atoms with Crippen molar-refractivity contribution in [1.82, 2.24) is 4.90 Å². The summed E-state index contributed by atoms with van der Waals surface area (Å²) in [5, 5.41) is 0. The van der Waals surface area contributed by atoms with Crippen LogP contribution in [-0.4, -0.2) is 29.2 Å². The third-order valence-corrected chi connectivity index (χ3v) is 3.68. The number of Topliss-reactive ketones (excluding diaryl/α,β-unsaturated/α-hetero) is 1. The van der Waals surface area contributed by atoms with E-state index in [2.05, 4.69) is 0 Å². The standard InChI is InChI=1S/C16H21NO2/c1-13(18)12-15-10-6-3-7-11-17(15)16(19)14-8-4-2-5-9-14/h2,4-5,8-9,15H,3,6-7,10-12H2,1H3. The summed E-state index contributed by atoms with van der Waals surface area (Å²) in [6, 6.07) is 9.44. The zero-order valence-corrected chi connectivity index (χ0v) is 11.5.